The van der Waals surface area contributed by atoms with E-state index in [0.717, 1.165) is 55.6 Å². The number of rotatable bonds is 6. The Bertz CT molecular complexity index is 1190. The normalized spacial score (nSPS) is 19.0. The van der Waals surface area contributed by atoms with Crippen molar-refractivity contribution in [1.29, 1.82) is 0 Å². The number of pyridine rings is 1. The predicted octanol–water partition coefficient (Wildman–Crippen LogP) is 4.17. The largest absolute Gasteiger partial charge is 0.381 e. The van der Waals surface area contributed by atoms with E-state index in [0.29, 0.717) is 17.3 Å². The second-order valence-electron chi connectivity index (χ2n) is 9.58. The van der Waals surface area contributed by atoms with Crippen LogP contribution in [0.1, 0.15) is 48.0 Å². The highest BCUT2D eigenvalue weighted by Crippen LogP contribution is 2.26. The second kappa shape index (κ2) is 9.54. The van der Waals surface area contributed by atoms with Crippen molar-refractivity contribution in [1.82, 2.24) is 25.0 Å². The Morgan fingerprint density at radius 3 is 2.71 bits per heavy atom. The van der Waals surface area contributed by atoms with Gasteiger partial charge in [0.2, 0.25) is 0 Å². The highest BCUT2D eigenvalue weighted by molar-refractivity contribution is 5.95. The maximum atomic E-state index is 14.5. The summed E-state index contributed by atoms with van der Waals surface area (Å²) in [7, 11) is 2.17. The van der Waals surface area contributed by atoms with E-state index in [1.807, 2.05) is 25.5 Å². The Morgan fingerprint density at radius 1 is 1.03 bits per heavy atom. The van der Waals surface area contributed by atoms with Gasteiger partial charge in [0, 0.05) is 41.8 Å². The molecule has 1 saturated heterocycles. The number of benzene rings is 1. The molecule has 1 unspecified atom stereocenters. The Balaban J connectivity index is 1.36. The van der Waals surface area contributed by atoms with E-state index in [2.05, 4.69) is 38.7 Å². The zero-order valence-electron chi connectivity index (χ0n) is 19.7. The zero-order valence-corrected chi connectivity index (χ0v) is 19.7. The molecule has 7 nitrogen and oxygen atoms in total. The molecule has 34 heavy (non-hydrogen) atoms. The number of aromatic nitrogens is 3. The molecule has 8 heteroatoms. The smallest absolute Gasteiger partial charge is 0.254 e. The van der Waals surface area contributed by atoms with Gasteiger partial charge in [-0.3, -0.25) is 9.78 Å². The third-order valence-corrected chi connectivity index (χ3v) is 6.67. The minimum atomic E-state index is -0.514. The molecule has 3 heterocycles. The molecular weight excluding hydrogens is 431 g/mol. The molecule has 1 amide bonds. The van der Waals surface area contributed by atoms with Gasteiger partial charge in [0.15, 0.2) is 0 Å². The van der Waals surface area contributed by atoms with Crippen LogP contribution >= 0.6 is 0 Å². The maximum absolute atomic E-state index is 14.5. The number of nitrogens with zero attached hydrogens (tertiary/aromatic N) is 4. The first kappa shape index (κ1) is 22.5. The van der Waals surface area contributed by atoms with Crippen molar-refractivity contribution in [3.63, 3.8) is 0 Å². The Hall–Kier alpha value is -3.26. The Kier molecular flexibility index (Phi) is 6.32. The molecule has 2 fully saturated rings. The summed E-state index contributed by atoms with van der Waals surface area (Å²) in [4.78, 5) is 19.3. The summed E-state index contributed by atoms with van der Waals surface area (Å²) in [5.74, 6) is -0.888. The van der Waals surface area contributed by atoms with Crippen molar-refractivity contribution >= 4 is 11.6 Å². The van der Waals surface area contributed by atoms with Gasteiger partial charge in [-0.05, 0) is 82.9 Å². The predicted molar refractivity (Wildman–Crippen MR) is 131 cm³/mol. The number of halogens is 1. The van der Waals surface area contributed by atoms with Crippen molar-refractivity contribution in [2.24, 2.45) is 0 Å². The molecule has 5 rings (SSSR count). The fourth-order valence-electron chi connectivity index (χ4n) is 4.47. The third kappa shape index (κ3) is 5.12. The fourth-order valence-corrected chi connectivity index (χ4v) is 4.47. The van der Waals surface area contributed by atoms with Gasteiger partial charge in [0.05, 0.1) is 23.1 Å². The summed E-state index contributed by atoms with van der Waals surface area (Å²) in [5.41, 5.74) is 4.29. The lowest BCUT2D eigenvalue weighted by molar-refractivity contribution is 0.0947. The zero-order chi connectivity index (χ0) is 23.7. The van der Waals surface area contributed by atoms with Crippen molar-refractivity contribution in [2.75, 3.05) is 25.5 Å². The average molecular weight is 463 g/mol. The van der Waals surface area contributed by atoms with E-state index in [1.165, 1.54) is 12.5 Å². The molecule has 3 aromatic rings. The van der Waals surface area contributed by atoms with Crippen LogP contribution in [0.15, 0.2) is 43.0 Å². The van der Waals surface area contributed by atoms with E-state index in [9.17, 15) is 9.18 Å². The number of amides is 1. The van der Waals surface area contributed by atoms with E-state index in [1.54, 1.807) is 16.9 Å². The van der Waals surface area contributed by atoms with Crippen molar-refractivity contribution in [2.45, 2.75) is 51.1 Å². The lowest BCUT2D eigenvalue weighted by Gasteiger charge is -2.18. The highest BCUT2D eigenvalue weighted by Gasteiger charge is 2.26. The van der Waals surface area contributed by atoms with Crippen LogP contribution in [0.3, 0.4) is 0 Å². The summed E-state index contributed by atoms with van der Waals surface area (Å²) in [6.45, 7) is 4.05. The quantitative estimate of drug-likeness (QED) is 0.575. The van der Waals surface area contributed by atoms with Crippen LogP contribution in [0.5, 0.6) is 0 Å². The van der Waals surface area contributed by atoms with Crippen LogP contribution < -0.4 is 10.6 Å². The Morgan fingerprint density at radius 2 is 1.88 bits per heavy atom. The number of aryl methyl sites for hydroxylation is 1. The van der Waals surface area contributed by atoms with Crippen LogP contribution in [-0.2, 0) is 0 Å². The number of hydrogen-bond acceptors (Lipinski definition) is 5. The molecule has 1 aliphatic heterocycles. The minimum absolute atomic E-state index is 0.0476. The van der Waals surface area contributed by atoms with Gasteiger partial charge in [-0.15, -0.1) is 0 Å². The lowest BCUT2D eigenvalue weighted by atomic mass is 10.1. The van der Waals surface area contributed by atoms with Crippen molar-refractivity contribution in [3.05, 3.63) is 59.9 Å². The number of hydrogen-bond donors (Lipinski definition) is 2. The molecule has 1 aromatic carbocycles. The molecule has 1 atom stereocenters. The van der Waals surface area contributed by atoms with Gasteiger partial charge >= 0.3 is 0 Å². The summed E-state index contributed by atoms with van der Waals surface area (Å²) >= 11 is 0. The van der Waals surface area contributed by atoms with Gasteiger partial charge in [-0.1, -0.05) is 0 Å². The summed E-state index contributed by atoms with van der Waals surface area (Å²) in [6, 6.07) is 5.68. The van der Waals surface area contributed by atoms with E-state index in [4.69, 9.17) is 0 Å². The lowest BCUT2D eigenvalue weighted by Crippen LogP contribution is -2.26. The van der Waals surface area contributed by atoms with Crippen molar-refractivity contribution < 1.29 is 9.18 Å². The maximum Gasteiger partial charge on any atom is 0.254 e. The first-order valence-electron chi connectivity index (χ1n) is 12.0. The summed E-state index contributed by atoms with van der Waals surface area (Å²) < 4.78 is 16.2. The first-order valence-corrected chi connectivity index (χ1v) is 12.0. The number of carbonyl (C=O) groups is 1. The van der Waals surface area contributed by atoms with Gasteiger partial charge in [0.1, 0.15) is 5.82 Å². The van der Waals surface area contributed by atoms with Crippen LogP contribution in [0.25, 0.3) is 16.8 Å². The molecule has 2 aromatic heterocycles. The van der Waals surface area contributed by atoms with E-state index < -0.39 is 5.82 Å². The van der Waals surface area contributed by atoms with Crippen LogP contribution in [-0.4, -0.2) is 57.8 Å². The standard InChI is InChI=1S/C26H31FN6O/c1-17-10-24(27)23(26(34)31-21-5-6-21)12-25(17)33-16-19(14-29-33)18-11-22(15-28-13-18)30-20-4-3-8-32(2)9-7-20/h10-16,20-21,30H,3-9H2,1-2H3,(H,31,34). The monoisotopic (exact) mass is 462 g/mol. The molecule has 1 aliphatic carbocycles. The molecule has 0 spiro atoms. The second-order valence-corrected chi connectivity index (χ2v) is 9.58. The summed E-state index contributed by atoms with van der Waals surface area (Å²) in [5, 5.41) is 11.0. The minimum Gasteiger partial charge on any atom is -0.381 e. The number of nitrogens with one attached hydrogen (secondary N) is 2. The van der Waals surface area contributed by atoms with E-state index >= 15 is 0 Å². The van der Waals surface area contributed by atoms with Gasteiger partial charge in [-0.2, -0.15) is 5.10 Å². The first-order chi connectivity index (χ1) is 16.5. The van der Waals surface area contributed by atoms with Crippen LogP contribution in [0.2, 0.25) is 0 Å². The molecule has 0 bridgehead atoms. The van der Waals surface area contributed by atoms with Gasteiger partial charge in [-0.25, -0.2) is 9.07 Å². The van der Waals surface area contributed by atoms with Crippen LogP contribution in [0.4, 0.5) is 10.1 Å². The SMILES string of the molecule is Cc1cc(F)c(C(=O)NC2CC2)cc1-n1cc(-c2cncc(NC3CCCN(C)CC3)c2)cn1. The molecule has 2 aliphatic rings. The molecule has 178 valence electrons. The third-order valence-electron chi connectivity index (χ3n) is 6.67. The molecule has 0 radical (unpaired) electrons. The van der Waals surface area contributed by atoms with Crippen LogP contribution in [0, 0.1) is 12.7 Å². The number of carbonyl (C=O) groups excluding carboxylic acids is 1. The highest BCUT2D eigenvalue weighted by atomic mass is 19.1. The number of anilines is 1. The number of likely N-dealkylation sites (tertiary alicyclic amines) is 1. The molecular formula is C26H31FN6O. The molecule has 1 saturated carbocycles. The van der Waals surface area contributed by atoms with E-state index in [-0.39, 0.29) is 17.5 Å². The molecule has 2 N–H and O–H groups in total. The topological polar surface area (TPSA) is 75.1 Å². The summed E-state index contributed by atoms with van der Waals surface area (Å²) in [6.07, 6.45) is 12.7. The average Bonchev–Trinajstić information content (AvgIpc) is 3.53. The van der Waals surface area contributed by atoms with Gasteiger partial charge < -0.3 is 15.5 Å². The van der Waals surface area contributed by atoms with Crippen molar-refractivity contribution in [3.8, 4) is 16.8 Å². The Labute approximate surface area is 199 Å². The van der Waals surface area contributed by atoms with Gasteiger partial charge in [0.25, 0.3) is 5.91 Å². The fraction of sp³-hybridized carbons (Fsp3) is 0.423.